The number of aromatic nitrogens is 2. The average molecular weight is 509 g/mol. The van der Waals surface area contributed by atoms with Gasteiger partial charge in [0.05, 0.1) is 16.8 Å². The summed E-state index contributed by atoms with van der Waals surface area (Å²) < 4.78 is 0. The summed E-state index contributed by atoms with van der Waals surface area (Å²) in [7, 11) is 1.41. The molecule has 0 fully saturated rings. The SMILES string of the molecule is CN(C(=O)c1ccc(C#Cc2ccc(-c3cc(C(=O)NN)c4cnccc4n3)cc2)cc1)C(CN)C(=O)O. The number of nitrogens with zero attached hydrogens (tertiary/aromatic N) is 3. The fraction of sp³-hybridized carbons (Fsp3) is 0.107. The second-order valence-electron chi connectivity index (χ2n) is 8.33. The van der Waals surface area contributed by atoms with Gasteiger partial charge in [-0.05, 0) is 48.5 Å². The highest BCUT2D eigenvalue weighted by Crippen LogP contribution is 2.24. The molecule has 1 atom stereocenters. The van der Waals surface area contributed by atoms with E-state index in [1.54, 1.807) is 48.8 Å². The number of aliphatic carboxylic acids is 1. The molecule has 0 aliphatic carbocycles. The molecule has 2 amide bonds. The van der Waals surface area contributed by atoms with Gasteiger partial charge >= 0.3 is 5.97 Å². The number of pyridine rings is 2. The molecule has 0 radical (unpaired) electrons. The molecule has 0 saturated carbocycles. The summed E-state index contributed by atoms with van der Waals surface area (Å²) in [6.07, 6.45) is 3.18. The second-order valence-corrected chi connectivity index (χ2v) is 8.33. The largest absolute Gasteiger partial charge is 0.480 e. The Kier molecular flexibility index (Phi) is 7.72. The van der Waals surface area contributed by atoms with E-state index in [1.807, 2.05) is 24.3 Å². The van der Waals surface area contributed by atoms with Crippen molar-refractivity contribution in [2.45, 2.75) is 6.04 Å². The number of carboxylic acid groups (broad SMARTS) is 1. The van der Waals surface area contributed by atoms with E-state index in [-0.39, 0.29) is 6.54 Å². The number of carbonyl (C=O) groups excluding carboxylic acids is 2. The van der Waals surface area contributed by atoms with Crippen molar-refractivity contribution < 1.29 is 19.5 Å². The van der Waals surface area contributed by atoms with E-state index in [1.165, 1.54) is 7.05 Å². The molecule has 4 aromatic rings. The quantitative estimate of drug-likeness (QED) is 0.132. The smallest absolute Gasteiger partial charge is 0.327 e. The summed E-state index contributed by atoms with van der Waals surface area (Å²) in [5, 5.41) is 9.81. The number of nitrogens with two attached hydrogens (primary N) is 2. The number of hydrogen-bond acceptors (Lipinski definition) is 7. The molecule has 0 bridgehead atoms. The third-order valence-corrected chi connectivity index (χ3v) is 5.95. The number of carboxylic acids is 1. The zero-order chi connectivity index (χ0) is 27.2. The monoisotopic (exact) mass is 508 g/mol. The Bertz CT molecular complexity index is 1570. The number of rotatable bonds is 6. The van der Waals surface area contributed by atoms with Crippen molar-refractivity contribution in [2.24, 2.45) is 11.6 Å². The summed E-state index contributed by atoms with van der Waals surface area (Å²) in [6.45, 7) is -0.182. The van der Waals surface area contributed by atoms with E-state index in [4.69, 9.17) is 11.6 Å². The molecular formula is C28H24N6O4. The zero-order valence-electron chi connectivity index (χ0n) is 20.4. The lowest BCUT2D eigenvalue weighted by Crippen LogP contribution is -2.46. The van der Waals surface area contributed by atoms with E-state index in [0.717, 1.165) is 16.0 Å². The molecule has 2 heterocycles. The van der Waals surface area contributed by atoms with Gasteiger partial charge in [-0.15, -0.1) is 0 Å². The number of likely N-dealkylation sites (N-methyl/N-ethyl adjacent to an activating group) is 1. The van der Waals surface area contributed by atoms with Crippen LogP contribution in [0.3, 0.4) is 0 Å². The van der Waals surface area contributed by atoms with E-state index in [9.17, 15) is 19.5 Å². The summed E-state index contributed by atoms with van der Waals surface area (Å²) >= 11 is 0. The third kappa shape index (κ3) is 5.49. The zero-order valence-corrected chi connectivity index (χ0v) is 20.4. The normalized spacial score (nSPS) is 11.2. The highest BCUT2D eigenvalue weighted by molar-refractivity contribution is 6.06. The van der Waals surface area contributed by atoms with Crippen LogP contribution >= 0.6 is 0 Å². The van der Waals surface area contributed by atoms with Gasteiger partial charge in [-0.2, -0.15) is 0 Å². The summed E-state index contributed by atoms with van der Waals surface area (Å²) in [4.78, 5) is 45.9. The fourth-order valence-corrected chi connectivity index (χ4v) is 3.82. The van der Waals surface area contributed by atoms with Gasteiger partial charge in [0.2, 0.25) is 0 Å². The summed E-state index contributed by atoms with van der Waals surface area (Å²) in [5.74, 6) is 9.43. The van der Waals surface area contributed by atoms with Crippen molar-refractivity contribution in [1.82, 2.24) is 20.3 Å². The number of hydrogen-bond donors (Lipinski definition) is 4. The van der Waals surface area contributed by atoms with Crippen LogP contribution in [0.4, 0.5) is 0 Å². The molecule has 6 N–H and O–H groups in total. The maximum atomic E-state index is 12.6. The lowest BCUT2D eigenvalue weighted by molar-refractivity contribution is -0.141. The van der Waals surface area contributed by atoms with Crippen molar-refractivity contribution in [3.63, 3.8) is 0 Å². The highest BCUT2D eigenvalue weighted by atomic mass is 16.4. The van der Waals surface area contributed by atoms with Crippen LogP contribution in [0.2, 0.25) is 0 Å². The van der Waals surface area contributed by atoms with Gasteiger partial charge in [0.1, 0.15) is 6.04 Å². The minimum Gasteiger partial charge on any atom is -0.480 e. The Labute approximate surface area is 218 Å². The maximum absolute atomic E-state index is 12.6. The minimum atomic E-state index is -1.16. The van der Waals surface area contributed by atoms with Gasteiger partial charge in [-0.25, -0.2) is 15.6 Å². The second kappa shape index (κ2) is 11.3. The number of carbonyl (C=O) groups is 3. The van der Waals surface area contributed by atoms with Crippen LogP contribution < -0.4 is 17.0 Å². The Morgan fingerprint density at radius 3 is 2.24 bits per heavy atom. The van der Waals surface area contributed by atoms with Gasteiger partial charge in [0.15, 0.2) is 0 Å². The van der Waals surface area contributed by atoms with Crippen molar-refractivity contribution in [2.75, 3.05) is 13.6 Å². The van der Waals surface area contributed by atoms with E-state index < -0.39 is 23.8 Å². The molecule has 0 aliphatic heterocycles. The standard InChI is InChI=1S/C28H24N6O4/c1-34(25(15-29)28(37)38)27(36)20-10-6-18(7-11-20)3-2-17-4-8-19(9-5-17)24-14-21(26(35)33-30)22-16-31-13-12-23(22)32-24/h4-14,16,25H,15,29-30H2,1H3,(H,33,35)(H,37,38). The van der Waals surface area contributed by atoms with Crippen LogP contribution in [0, 0.1) is 11.8 Å². The Morgan fingerprint density at radius 1 is 1.03 bits per heavy atom. The van der Waals surface area contributed by atoms with Gasteiger partial charge in [0, 0.05) is 53.6 Å². The molecule has 2 aromatic carbocycles. The molecule has 4 rings (SSSR count). The van der Waals surface area contributed by atoms with Gasteiger partial charge in [-0.3, -0.25) is 20.0 Å². The topological polar surface area (TPSA) is 165 Å². The third-order valence-electron chi connectivity index (χ3n) is 5.95. The minimum absolute atomic E-state index is 0.182. The van der Waals surface area contributed by atoms with Crippen LogP contribution in [-0.2, 0) is 4.79 Å². The van der Waals surface area contributed by atoms with Crippen LogP contribution in [0.15, 0.2) is 73.1 Å². The van der Waals surface area contributed by atoms with Crippen molar-refractivity contribution in [3.05, 3.63) is 95.3 Å². The van der Waals surface area contributed by atoms with E-state index in [2.05, 4.69) is 27.2 Å². The number of hydrazine groups is 1. The molecule has 38 heavy (non-hydrogen) atoms. The van der Waals surface area contributed by atoms with Crippen LogP contribution in [-0.4, -0.2) is 57.4 Å². The number of amides is 2. The van der Waals surface area contributed by atoms with Gasteiger partial charge in [-0.1, -0.05) is 24.0 Å². The molecule has 0 aliphatic rings. The maximum Gasteiger partial charge on any atom is 0.327 e. The first-order chi connectivity index (χ1) is 18.3. The Hall–Kier alpha value is -5.11. The van der Waals surface area contributed by atoms with Gasteiger partial charge in [0.25, 0.3) is 11.8 Å². The molecule has 10 nitrogen and oxygen atoms in total. The average Bonchev–Trinajstić information content (AvgIpc) is 2.95. The Morgan fingerprint density at radius 2 is 1.66 bits per heavy atom. The number of benzene rings is 2. The van der Waals surface area contributed by atoms with Crippen LogP contribution in [0.5, 0.6) is 0 Å². The van der Waals surface area contributed by atoms with Crippen molar-refractivity contribution in [3.8, 4) is 23.1 Å². The predicted octanol–water partition coefficient (Wildman–Crippen LogP) is 1.78. The summed E-state index contributed by atoms with van der Waals surface area (Å²) in [5.41, 5.74) is 11.8. The molecule has 2 aromatic heterocycles. The van der Waals surface area contributed by atoms with Gasteiger partial charge < -0.3 is 15.7 Å². The first-order valence-electron chi connectivity index (χ1n) is 11.5. The summed E-state index contributed by atoms with van der Waals surface area (Å²) in [6, 6.07) is 16.3. The lowest BCUT2D eigenvalue weighted by Gasteiger charge is -2.23. The molecule has 0 saturated heterocycles. The molecule has 10 heteroatoms. The lowest BCUT2D eigenvalue weighted by atomic mass is 10.0. The first kappa shape index (κ1) is 26.0. The van der Waals surface area contributed by atoms with E-state index >= 15 is 0 Å². The van der Waals surface area contributed by atoms with Crippen LogP contribution in [0.1, 0.15) is 31.8 Å². The molecule has 190 valence electrons. The van der Waals surface area contributed by atoms with Crippen molar-refractivity contribution in [1.29, 1.82) is 0 Å². The van der Waals surface area contributed by atoms with Crippen molar-refractivity contribution >= 4 is 28.7 Å². The van der Waals surface area contributed by atoms with E-state index in [0.29, 0.717) is 33.3 Å². The first-order valence-corrected chi connectivity index (χ1v) is 11.5. The number of nitrogens with one attached hydrogen (secondary N) is 1. The van der Waals surface area contributed by atoms with Crippen LogP contribution in [0.25, 0.3) is 22.2 Å². The Balaban J connectivity index is 1.52. The molecule has 1 unspecified atom stereocenters. The number of fused-ring (bicyclic) bond motifs is 1. The molecular weight excluding hydrogens is 484 g/mol. The molecule has 0 spiro atoms. The number of nitrogen functional groups attached to an aromatic ring is 1. The highest BCUT2D eigenvalue weighted by Gasteiger charge is 2.25. The fourth-order valence-electron chi connectivity index (χ4n) is 3.82. The predicted molar refractivity (Wildman–Crippen MR) is 142 cm³/mol.